The Labute approximate surface area is 176 Å². The van der Waals surface area contributed by atoms with Crippen LogP contribution in [-0.2, 0) is 10.0 Å². The first-order chi connectivity index (χ1) is 14.2. The normalized spacial score (nSPS) is 11.0. The fourth-order valence-corrected chi connectivity index (χ4v) is 4.21. The zero-order valence-electron chi connectivity index (χ0n) is 16.9. The molecule has 3 aromatic carbocycles. The molecule has 0 aliphatic carbocycles. The minimum Gasteiger partial charge on any atom is -0.495 e. The standard InChI is InChI=1S/C22H23N3O4S/c1-25(2)22(26)17-7-4-6-15(12-17)16-10-11-20(29-3)21(13-16)30(27,28)24-19-9-5-8-18(23)14-19/h4-14,24H,23H2,1-3H3. The van der Waals surface area contributed by atoms with E-state index in [9.17, 15) is 13.2 Å². The van der Waals surface area contributed by atoms with E-state index in [4.69, 9.17) is 10.5 Å². The van der Waals surface area contributed by atoms with E-state index in [0.29, 0.717) is 28.1 Å². The summed E-state index contributed by atoms with van der Waals surface area (Å²) in [6.07, 6.45) is 0. The highest BCUT2D eigenvalue weighted by Gasteiger charge is 2.21. The third kappa shape index (κ3) is 4.55. The maximum Gasteiger partial charge on any atom is 0.265 e. The van der Waals surface area contributed by atoms with Gasteiger partial charge in [0.2, 0.25) is 0 Å². The Morgan fingerprint density at radius 2 is 1.67 bits per heavy atom. The van der Waals surface area contributed by atoms with Gasteiger partial charge in [-0.25, -0.2) is 8.42 Å². The molecule has 7 nitrogen and oxygen atoms in total. The molecule has 0 heterocycles. The van der Waals surface area contributed by atoms with Gasteiger partial charge in [0.25, 0.3) is 15.9 Å². The van der Waals surface area contributed by atoms with Crippen LogP contribution in [0.3, 0.4) is 0 Å². The summed E-state index contributed by atoms with van der Waals surface area (Å²) in [6, 6.07) is 18.3. The van der Waals surface area contributed by atoms with Crippen LogP contribution in [-0.4, -0.2) is 40.4 Å². The molecule has 0 aliphatic heterocycles. The molecule has 8 heteroatoms. The number of hydrogen-bond donors (Lipinski definition) is 2. The first-order valence-electron chi connectivity index (χ1n) is 9.10. The van der Waals surface area contributed by atoms with Crippen molar-refractivity contribution in [1.29, 1.82) is 0 Å². The van der Waals surface area contributed by atoms with Gasteiger partial charge in [-0.15, -0.1) is 0 Å². The highest BCUT2D eigenvalue weighted by Crippen LogP contribution is 2.32. The van der Waals surface area contributed by atoms with Crippen molar-refractivity contribution in [3.05, 3.63) is 72.3 Å². The lowest BCUT2D eigenvalue weighted by atomic mass is 10.0. The summed E-state index contributed by atoms with van der Waals surface area (Å²) in [6.45, 7) is 0. The molecule has 0 saturated carbocycles. The third-order valence-electron chi connectivity index (χ3n) is 4.44. The van der Waals surface area contributed by atoms with E-state index in [1.165, 1.54) is 24.1 Å². The van der Waals surface area contributed by atoms with Crippen LogP contribution >= 0.6 is 0 Å². The first-order valence-corrected chi connectivity index (χ1v) is 10.6. The molecule has 0 saturated heterocycles. The van der Waals surface area contributed by atoms with Gasteiger partial charge in [-0.3, -0.25) is 9.52 Å². The van der Waals surface area contributed by atoms with E-state index in [-0.39, 0.29) is 16.6 Å². The number of anilines is 2. The SMILES string of the molecule is COc1ccc(-c2cccc(C(=O)N(C)C)c2)cc1S(=O)(=O)Nc1cccc(N)c1. The summed E-state index contributed by atoms with van der Waals surface area (Å²) in [4.78, 5) is 13.7. The van der Waals surface area contributed by atoms with Gasteiger partial charge in [-0.2, -0.15) is 0 Å². The fraction of sp³-hybridized carbons (Fsp3) is 0.136. The van der Waals surface area contributed by atoms with Crippen molar-refractivity contribution in [1.82, 2.24) is 4.90 Å². The van der Waals surface area contributed by atoms with Gasteiger partial charge in [-0.1, -0.05) is 24.3 Å². The van der Waals surface area contributed by atoms with Crippen molar-refractivity contribution >= 4 is 27.3 Å². The zero-order valence-corrected chi connectivity index (χ0v) is 17.7. The molecule has 0 aromatic heterocycles. The predicted octanol–water partition coefficient (Wildman–Crippen LogP) is 3.45. The van der Waals surface area contributed by atoms with Crippen LogP contribution in [0.2, 0.25) is 0 Å². The second-order valence-electron chi connectivity index (χ2n) is 6.88. The second-order valence-corrected chi connectivity index (χ2v) is 8.53. The molecule has 0 radical (unpaired) electrons. The molecule has 0 atom stereocenters. The number of ether oxygens (including phenoxy) is 1. The summed E-state index contributed by atoms with van der Waals surface area (Å²) < 4.78 is 33.9. The quantitative estimate of drug-likeness (QED) is 0.589. The number of rotatable bonds is 6. The van der Waals surface area contributed by atoms with Gasteiger partial charge in [0.15, 0.2) is 0 Å². The molecule has 3 N–H and O–H groups in total. The largest absolute Gasteiger partial charge is 0.495 e. The van der Waals surface area contributed by atoms with Crippen LogP contribution in [0.1, 0.15) is 10.4 Å². The van der Waals surface area contributed by atoms with Crippen LogP contribution < -0.4 is 15.2 Å². The van der Waals surface area contributed by atoms with E-state index in [1.807, 2.05) is 6.07 Å². The number of amides is 1. The van der Waals surface area contributed by atoms with Crippen molar-refractivity contribution in [2.24, 2.45) is 0 Å². The molecular weight excluding hydrogens is 402 g/mol. The third-order valence-corrected chi connectivity index (χ3v) is 5.84. The summed E-state index contributed by atoms with van der Waals surface area (Å²) >= 11 is 0. The number of carbonyl (C=O) groups is 1. The number of carbonyl (C=O) groups excluding carboxylic acids is 1. The van der Waals surface area contributed by atoms with Gasteiger partial charge in [0, 0.05) is 25.3 Å². The van der Waals surface area contributed by atoms with E-state index >= 15 is 0 Å². The van der Waals surface area contributed by atoms with Crippen molar-refractivity contribution in [3.63, 3.8) is 0 Å². The Bertz CT molecular complexity index is 1190. The van der Waals surface area contributed by atoms with Gasteiger partial charge >= 0.3 is 0 Å². The number of hydrogen-bond acceptors (Lipinski definition) is 5. The molecule has 0 aliphatic rings. The highest BCUT2D eigenvalue weighted by molar-refractivity contribution is 7.92. The van der Waals surface area contributed by atoms with Crippen LogP contribution in [0.25, 0.3) is 11.1 Å². The number of nitrogens with zero attached hydrogens (tertiary/aromatic N) is 1. The zero-order chi connectivity index (χ0) is 21.9. The van der Waals surface area contributed by atoms with Crippen LogP contribution in [0, 0.1) is 0 Å². The predicted molar refractivity (Wildman–Crippen MR) is 118 cm³/mol. The number of methoxy groups -OCH3 is 1. The average Bonchev–Trinajstić information content (AvgIpc) is 2.72. The lowest BCUT2D eigenvalue weighted by molar-refractivity contribution is 0.0827. The molecule has 0 unspecified atom stereocenters. The summed E-state index contributed by atoms with van der Waals surface area (Å²) in [5, 5.41) is 0. The molecule has 0 fully saturated rings. The number of benzene rings is 3. The van der Waals surface area contributed by atoms with E-state index < -0.39 is 10.0 Å². The summed E-state index contributed by atoms with van der Waals surface area (Å²) in [5.74, 6) is 0.0669. The highest BCUT2D eigenvalue weighted by atomic mass is 32.2. The Morgan fingerprint density at radius 3 is 2.33 bits per heavy atom. The molecule has 3 rings (SSSR count). The van der Waals surface area contributed by atoms with Gasteiger partial charge < -0.3 is 15.4 Å². The minimum absolute atomic E-state index is 0.0192. The molecule has 30 heavy (non-hydrogen) atoms. The number of nitrogens with two attached hydrogens (primary N) is 1. The Balaban J connectivity index is 2.04. The van der Waals surface area contributed by atoms with Gasteiger partial charge in [0.1, 0.15) is 10.6 Å². The summed E-state index contributed by atoms with van der Waals surface area (Å²) in [5.41, 5.74) is 8.39. The molecule has 1 amide bonds. The van der Waals surface area contributed by atoms with E-state index in [0.717, 1.165) is 0 Å². The van der Waals surface area contributed by atoms with Crippen molar-refractivity contribution in [3.8, 4) is 16.9 Å². The number of nitrogens with one attached hydrogen (secondary N) is 1. The molecule has 3 aromatic rings. The smallest absolute Gasteiger partial charge is 0.265 e. The van der Waals surface area contributed by atoms with Crippen LogP contribution in [0.4, 0.5) is 11.4 Å². The van der Waals surface area contributed by atoms with E-state index in [1.54, 1.807) is 62.6 Å². The monoisotopic (exact) mass is 425 g/mol. The number of sulfonamides is 1. The van der Waals surface area contributed by atoms with Gasteiger partial charge in [-0.05, 0) is 53.6 Å². The Morgan fingerprint density at radius 1 is 0.967 bits per heavy atom. The minimum atomic E-state index is -3.95. The second kappa shape index (κ2) is 8.46. The van der Waals surface area contributed by atoms with Crippen molar-refractivity contribution < 1.29 is 17.9 Å². The topological polar surface area (TPSA) is 102 Å². The molecule has 0 bridgehead atoms. The lowest BCUT2D eigenvalue weighted by Gasteiger charge is -2.14. The van der Waals surface area contributed by atoms with Crippen molar-refractivity contribution in [2.45, 2.75) is 4.90 Å². The molecule has 156 valence electrons. The van der Waals surface area contributed by atoms with Crippen LogP contribution in [0.15, 0.2) is 71.6 Å². The Kier molecular flexibility index (Phi) is 5.98. The molecule has 0 spiro atoms. The summed E-state index contributed by atoms with van der Waals surface area (Å²) in [7, 11) is 0.810. The fourth-order valence-electron chi connectivity index (χ4n) is 2.97. The maximum absolute atomic E-state index is 13.0. The van der Waals surface area contributed by atoms with Crippen molar-refractivity contribution in [2.75, 3.05) is 31.7 Å². The number of nitrogen functional groups attached to an aromatic ring is 1. The molecular formula is C22H23N3O4S. The van der Waals surface area contributed by atoms with Gasteiger partial charge in [0.05, 0.1) is 12.8 Å². The lowest BCUT2D eigenvalue weighted by Crippen LogP contribution is -2.21. The first kappa shape index (κ1) is 21.2. The van der Waals surface area contributed by atoms with Crippen LogP contribution in [0.5, 0.6) is 5.75 Å². The Hall–Kier alpha value is -3.52. The maximum atomic E-state index is 13.0. The average molecular weight is 426 g/mol. The van der Waals surface area contributed by atoms with E-state index in [2.05, 4.69) is 4.72 Å².